The molecule has 0 bridgehead atoms. The van der Waals surface area contributed by atoms with Crippen molar-refractivity contribution in [1.82, 2.24) is 0 Å². The molecule has 1 aliphatic heterocycles. The van der Waals surface area contributed by atoms with Crippen molar-refractivity contribution in [1.29, 1.82) is 0 Å². The normalized spacial score (nSPS) is 15.2. The molecular formula is C25H20BrClN3O4S-. The van der Waals surface area contributed by atoms with Crippen molar-refractivity contribution in [2.45, 2.75) is 0 Å². The highest BCUT2D eigenvalue weighted by Gasteiger charge is 2.35. The van der Waals surface area contributed by atoms with Crippen molar-refractivity contribution in [3.05, 3.63) is 88.8 Å². The first kappa shape index (κ1) is 26.3. The maximum absolute atomic E-state index is 13.3. The Kier molecular flexibility index (Phi) is 8.97. The molecule has 3 aromatic rings. The van der Waals surface area contributed by atoms with Crippen LogP contribution in [-0.2, 0) is 9.59 Å². The Balaban J connectivity index is 0.00000342. The number of nitrogens with zero attached hydrogens (tertiary/aromatic N) is 2. The molecular weight excluding hydrogens is 554 g/mol. The minimum Gasteiger partial charge on any atom is -1.00 e. The third kappa shape index (κ3) is 6.45. The molecule has 0 atom stereocenters. The van der Waals surface area contributed by atoms with Crippen molar-refractivity contribution in [2.24, 2.45) is 4.99 Å². The summed E-state index contributed by atoms with van der Waals surface area (Å²) >= 11 is 7.01. The zero-order valence-corrected chi connectivity index (χ0v) is 21.9. The Bertz CT molecular complexity index is 1260. The number of rotatable bonds is 6. The number of halogens is 2. The summed E-state index contributed by atoms with van der Waals surface area (Å²) in [6.45, 7) is 0. The predicted molar refractivity (Wildman–Crippen MR) is 136 cm³/mol. The molecule has 1 heterocycles. The molecule has 3 aromatic carbocycles. The van der Waals surface area contributed by atoms with E-state index in [4.69, 9.17) is 21.1 Å². The van der Waals surface area contributed by atoms with Gasteiger partial charge < -0.3 is 31.8 Å². The standard InChI is InChI=1S/C25H20ClN3O4S.BrH/c1-32-20-11-7-18(8-12-20)28-25-29(19-9-13-21(33-2)14-10-19)24(31)22(34-25)15-23(30)27-17-5-3-16(26)4-6-17;/h3-15H,1-2H3,(H,27,30);1H/p-1/b22-15+,28-25?;. The van der Waals surface area contributed by atoms with Crippen molar-refractivity contribution < 1.29 is 36.0 Å². The molecule has 7 nitrogen and oxygen atoms in total. The lowest BCUT2D eigenvalue weighted by atomic mass is 10.2. The minimum absolute atomic E-state index is 0. The molecule has 4 rings (SSSR count). The number of hydrogen-bond donors (Lipinski definition) is 1. The zero-order valence-electron chi connectivity index (χ0n) is 18.7. The molecule has 0 unspecified atom stereocenters. The van der Waals surface area contributed by atoms with Crippen molar-refractivity contribution in [3.8, 4) is 11.5 Å². The summed E-state index contributed by atoms with van der Waals surface area (Å²) in [6.07, 6.45) is 1.27. The van der Waals surface area contributed by atoms with Crippen molar-refractivity contribution in [3.63, 3.8) is 0 Å². The fourth-order valence-electron chi connectivity index (χ4n) is 3.11. The minimum atomic E-state index is -0.432. The van der Waals surface area contributed by atoms with Crippen molar-refractivity contribution in [2.75, 3.05) is 24.4 Å². The quantitative estimate of drug-likeness (QED) is 0.459. The first-order valence-electron chi connectivity index (χ1n) is 10.1. The van der Waals surface area contributed by atoms with Crippen LogP contribution in [0.25, 0.3) is 0 Å². The van der Waals surface area contributed by atoms with E-state index in [2.05, 4.69) is 10.3 Å². The van der Waals surface area contributed by atoms with Gasteiger partial charge in [0.15, 0.2) is 5.17 Å². The highest BCUT2D eigenvalue weighted by molar-refractivity contribution is 8.19. The third-order valence-corrected chi connectivity index (χ3v) is 6.03. The van der Waals surface area contributed by atoms with E-state index in [1.807, 2.05) is 0 Å². The molecule has 1 fully saturated rings. The first-order chi connectivity index (χ1) is 16.5. The van der Waals surface area contributed by atoms with Gasteiger partial charge in [-0.2, -0.15) is 0 Å². The number of ether oxygens (including phenoxy) is 2. The number of carbonyl (C=O) groups is 2. The summed E-state index contributed by atoms with van der Waals surface area (Å²) in [5.74, 6) is 0.576. The summed E-state index contributed by atoms with van der Waals surface area (Å²) in [4.78, 5) is 32.2. The van der Waals surface area contributed by atoms with E-state index in [1.54, 1.807) is 87.0 Å². The van der Waals surface area contributed by atoms with Crippen LogP contribution in [0.3, 0.4) is 0 Å². The number of benzene rings is 3. The van der Waals surface area contributed by atoms with Crippen LogP contribution in [-0.4, -0.2) is 31.2 Å². The van der Waals surface area contributed by atoms with Crippen LogP contribution < -0.4 is 36.7 Å². The maximum atomic E-state index is 13.3. The number of hydrogen-bond acceptors (Lipinski definition) is 6. The lowest BCUT2D eigenvalue weighted by Gasteiger charge is -2.16. The maximum Gasteiger partial charge on any atom is 0.271 e. The molecule has 0 aliphatic carbocycles. The van der Waals surface area contributed by atoms with Gasteiger partial charge in [0.25, 0.3) is 5.91 Å². The number of amides is 2. The molecule has 0 aromatic heterocycles. The Morgan fingerprint density at radius 2 is 1.51 bits per heavy atom. The van der Waals surface area contributed by atoms with Crippen LogP contribution in [0.1, 0.15) is 0 Å². The number of methoxy groups -OCH3 is 2. The van der Waals surface area contributed by atoms with Gasteiger partial charge in [-0.1, -0.05) is 11.6 Å². The number of nitrogens with one attached hydrogen (secondary N) is 1. The van der Waals surface area contributed by atoms with Gasteiger partial charge in [0.2, 0.25) is 5.91 Å². The molecule has 2 amide bonds. The van der Waals surface area contributed by atoms with Gasteiger partial charge in [-0.3, -0.25) is 14.5 Å². The fourth-order valence-corrected chi connectivity index (χ4v) is 4.20. The Labute approximate surface area is 222 Å². The summed E-state index contributed by atoms with van der Waals surface area (Å²) < 4.78 is 10.4. The zero-order chi connectivity index (χ0) is 24.1. The van der Waals surface area contributed by atoms with E-state index >= 15 is 0 Å². The summed E-state index contributed by atoms with van der Waals surface area (Å²) in [5, 5.41) is 3.72. The Morgan fingerprint density at radius 1 is 0.943 bits per heavy atom. The second-order valence-corrected chi connectivity index (χ2v) is 8.48. The fraction of sp³-hybridized carbons (Fsp3) is 0.0800. The summed E-state index contributed by atoms with van der Waals surface area (Å²) in [7, 11) is 3.16. The van der Waals surface area contributed by atoms with Gasteiger partial charge in [-0.15, -0.1) is 0 Å². The lowest BCUT2D eigenvalue weighted by molar-refractivity contribution is -0.115. The number of anilines is 2. The predicted octanol–water partition coefficient (Wildman–Crippen LogP) is 2.65. The van der Waals surface area contributed by atoms with Crippen LogP contribution in [0.2, 0.25) is 5.02 Å². The molecule has 1 saturated heterocycles. The van der Waals surface area contributed by atoms with Gasteiger partial charge in [-0.05, 0) is 84.6 Å². The van der Waals surface area contributed by atoms with Gasteiger partial charge >= 0.3 is 0 Å². The smallest absolute Gasteiger partial charge is 0.271 e. The van der Waals surface area contributed by atoms with Crippen LogP contribution in [0.5, 0.6) is 11.5 Å². The van der Waals surface area contributed by atoms with Gasteiger partial charge in [0.1, 0.15) is 11.5 Å². The molecule has 0 saturated carbocycles. The monoisotopic (exact) mass is 572 g/mol. The van der Waals surface area contributed by atoms with E-state index in [0.29, 0.717) is 38.8 Å². The van der Waals surface area contributed by atoms with E-state index in [9.17, 15) is 9.59 Å². The molecule has 1 aliphatic rings. The molecule has 10 heteroatoms. The second kappa shape index (κ2) is 11.9. The summed E-state index contributed by atoms with van der Waals surface area (Å²) in [5.41, 5.74) is 1.81. The Hall–Kier alpha value is -3.27. The molecule has 35 heavy (non-hydrogen) atoms. The van der Waals surface area contributed by atoms with Crippen molar-refractivity contribution >= 4 is 57.4 Å². The van der Waals surface area contributed by atoms with E-state index in [-0.39, 0.29) is 27.8 Å². The highest BCUT2D eigenvalue weighted by atomic mass is 79.9. The van der Waals surface area contributed by atoms with Gasteiger partial charge in [0.05, 0.1) is 30.5 Å². The molecule has 180 valence electrons. The van der Waals surface area contributed by atoms with E-state index in [1.165, 1.54) is 11.0 Å². The largest absolute Gasteiger partial charge is 1.00 e. The molecule has 0 spiro atoms. The summed E-state index contributed by atoms with van der Waals surface area (Å²) in [6, 6.07) is 20.9. The SMILES string of the molecule is COc1ccc(N=C2S/C(=C/C(=O)Nc3ccc(Cl)cc3)C(=O)N2c2ccc(OC)cc2)cc1.[Br-]. The average molecular weight is 574 g/mol. The van der Waals surface area contributed by atoms with E-state index < -0.39 is 5.91 Å². The lowest BCUT2D eigenvalue weighted by Crippen LogP contribution is -3.00. The van der Waals surface area contributed by atoms with Crippen LogP contribution in [0, 0.1) is 0 Å². The number of thioether (sulfide) groups is 1. The number of amidine groups is 1. The van der Waals surface area contributed by atoms with Crippen LogP contribution in [0.4, 0.5) is 17.1 Å². The topological polar surface area (TPSA) is 80.2 Å². The number of carbonyl (C=O) groups excluding carboxylic acids is 2. The van der Waals surface area contributed by atoms with Crippen LogP contribution >= 0.6 is 23.4 Å². The highest BCUT2D eigenvalue weighted by Crippen LogP contribution is 2.37. The van der Waals surface area contributed by atoms with Gasteiger partial charge in [0, 0.05) is 16.8 Å². The second-order valence-electron chi connectivity index (χ2n) is 7.04. The Morgan fingerprint density at radius 3 is 2.09 bits per heavy atom. The average Bonchev–Trinajstić information content (AvgIpc) is 3.15. The molecule has 0 radical (unpaired) electrons. The van der Waals surface area contributed by atoms with E-state index in [0.717, 1.165) is 11.8 Å². The van der Waals surface area contributed by atoms with Gasteiger partial charge in [-0.25, -0.2) is 4.99 Å². The molecule has 1 N–H and O–H groups in total. The number of aliphatic imine (C=N–C) groups is 1. The third-order valence-electron chi connectivity index (χ3n) is 4.81. The van der Waals surface area contributed by atoms with Crippen LogP contribution in [0.15, 0.2) is 88.8 Å². The first-order valence-corrected chi connectivity index (χ1v) is 11.3.